The zero-order valence-electron chi connectivity index (χ0n) is 10.1. The van der Waals surface area contributed by atoms with Crippen LogP contribution < -0.4 is 5.32 Å². The molecule has 1 heterocycles. The quantitative estimate of drug-likeness (QED) is 0.864. The van der Waals surface area contributed by atoms with Crippen molar-refractivity contribution in [3.8, 4) is 0 Å². The molecule has 0 unspecified atom stereocenters. The Labute approximate surface area is 98.7 Å². The van der Waals surface area contributed by atoms with Crippen LogP contribution in [0.15, 0.2) is 12.1 Å². The van der Waals surface area contributed by atoms with E-state index in [1.807, 2.05) is 13.8 Å². The number of rotatable bonds is 2. The summed E-state index contributed by atoms with van der Waals surface area (Å²) in [5.41, 5.74) is 2.67. The number of fused-ring (bicyclic) bond motifs is 1. The van der Waals surface area contributed by atoms with E-state index in [-0.39, 0.29) is 5.52 Å². The van der Waals surface area contributed by atoms with Crippen molar-refractivity contribution in [1.29, 1.82) is 0 Å². The van der Waals surface area contributed by atoms with Crippen LogP contribution >= 0.6 is 0 Å². The maximum Gasteiger partial charge on any atom is 0.185 e. The Kier molecular flexibility index (Phi) is 2.96. The first-order valence-electron chi connectivity index (χ1n) is 5.55. The maximum absolute atomic E-state index is 13.7. The molecule has 0 saturated heterocycles. The highest BCUT2D eigenvalue weighted by Crippen LogP contribution is 2.30. The second-order valence-corrected chi connectivity index (χ2v) is 3.92. The highest BCUT2D eigenvalue weighted by atomic mass is 19.2. The third-order valence-corrected chi connectivity index (χ3v) is 2.98. The van der Waals surface area contributed by atoms with Gasteiger partial charge in [-0.3, -0.25) is 0 Å². The van der Waals surface area contributed by atoms with E-state index in [1.54, 1.807) is 13.1 Å². The standard InChI is InChI=1S/C13H14F2N2/c1-4-10-7(2)12(16-3)8-5-6-9(14)11(15)13(8)17-10/h5-6H,4H2,1-3H3,(H,16,17). The summed E-state index contributed by atoms with van der Waals surface area (Å²) in [5.74, 6) is -1.74. The summed E-state index contributed by atoms with van der Waals surface area (Å²) < 4.78 is 26.9. The molecule has 0 saturated carbocycles. The molecule has 0 aliphatic rings. The predicted octanol–water partition coefficient (Wildman–Crippen LogP) is 3.43. The fraction of sp³-hybridized carbons (Fsp3) is 0.308. The number of halogens is 2. The lowest BCUT2D eigenvalue weighted by Crippen LogP contribution is -2.02. The minimum atomic E-state index is -0.881. The van der Waals surface area contributed by atoms with Gasteiger partial charge in [-0.2, -0.15) is 0 Å². The van der Waals surface area contributed by atoms with Gasteiger partial charge in [0.25, 0.3) is 0 Å². The third kappa shape index (κ3) is 1.73. The number of anilines is 1. The van der Waals surface area contributed by atoms with Crippen LogP contribution in [-0.4, -0.2) is 12.0 Å². The largest absolute Gasteiger partial charge is 0.387 e. The zero-order valence-corrected chi connectivity index (χ0v) is 10.1. The first-order valence-corrected chi connectivity index (χ1v) is 5.55. The van der Waals surface area contributed by atoms with Crippen LogP contribution in [0.25, 0.3) is 10.9 Å². The lowest BCUT2D eigenvalue weighted by Gasteiger charge is -2.13. The molecule has 2 aromatic rings. The first-order chi connectivity index (χ1) is 8.10. The van der Waals surface area contributed by atoms with Crippen molar-refractivity contribution >= 4 is 16.6 Å². The van der Waals surface area contributed by atoms with Crippen LogP contribution in [0.1, 0.15) is 18.2 Å². The third-order valence-electron chi connectivity index (χ3n) is 2.98. The monoisotopic (exact) mass is 236 g/mol. The van der Waals surface area contributed by atoms with E-state index in [4.69, 9.17) is 0 Å². The molecule has 17 heavy (non-hydrogen) atoms. The number of aryl methyl sites for hydroxylation is 1. The average Bonchev–Trinajstić information content (AvgIpc) is 2.33. The van der Waals surface area contributed by atoms with Crippen molar-refractivity contribution < 1.29 is 8.78 Å². The summed E-state index contributed by atoms with van der Waals surface area (Å²) in [5, 5.41) is 3.64. The van der Waals surface area contributed by atoms with Crippen LogP contribution in [0.2, 0.25) is 0 Å². The van der Waals surface area contributed by atoms with Crippen molar-refractivity contribution in [2.75, 3.05) is 12.4 Å². The number of pyridine rings is 1. The fourth-order valence-corrected chi connectivity index (χ4v) is 2.08. The van der Waals surface area contributed by atoms with E-state index >= 15 is 0 Å². The normalized spacial score (nSPS) is 10.9. The molecule has 4 heteroatoms. The van der Waals surface area contributed by atoms with E-state index in [2.05, 4.69) is 10.3 Å². The molecule has 0 radical (unpaired) electrons. The average molecular weight is 236 g/mol. The molecule has 0 aliphatic carbocycles. The minimum Gasteiger partial charge on any atom is -0.387 e. The van der Waals surface area contributed by atoms with Gasteiger partial charge in [0.05, 0.1) is 0 Å². The lowest BCUT2D eigenvalue weighted by molar-refractivity contribution is 0.515. The van der Waals surface area contributed by atoms with Gasteiger partial charge >= 0.3 is 0 Å². The Bertz CT molecular complexity index is 579. The summed E-state index contributed by atoms with van der Waals surface area (Å²) in [6.45, 7) is 3.87. The SMILES string of the molecule is CCc1nc2c(F)c(F)ccc2c(NC)c1C. The van der Waals surface area contributed by atoms with Crippen LogP contribution in [0, 0.1) is 18.6 Å². The zero-order chi connectivity index (χ0) is 12.6. The molecule has 0 fully saturated rings. The van der Waals surface area contributed by atoms with Crippen molar-refractivity contribution in [3.05, 3.63) is 35.0 Å². The number of hydrogen-bond donors (Lipinski definition) is 1. The van der Waals surface area contributed by atoms with Crippen molar-refractivity contribution in [3.63, 3.8) is 0 Å². The lowest BCUT2D eigenvalue weighted by atomic mass is 10.1. The van der Waals surface area contributed by atoms with Crippen LogP contribution in [0.4, 0.5) is 14.5 Å². The van der Waals surface area contributed by atoms with Crippen LogP contribution in [0.3, 0.4) is 0 Å². The predicted molar refractivity (Wildman–Crippen MR) is 65.3 cm³/mol. The molecule has 0 spiro atoms. The Morgan fingerprint density at radius 3 is 2.59 bits per heavy atom. The summed E-state index contributed by atoms with van der Waals surface area (Å²) in [6, 6.07) is 2.68. The van der Waals surface area contributed by atoms with Crippen molar-refractivity contribution in [1.82, 2.24) is 4.98 Å². The Hall–Kier alpha value is -1.71. The van der Waals surface area contributed by atoms with Gasteiger partial charge in [0.2, 0.25) is 0 Å². The van der Waals surface area contributed by atoms with Crippen LogP contribution in [-0.2, 0) is 6.42 Å². The topological polar surface area (TPSA) is 24.9 Å². The second kappa shape index (κ2) is 4.28. The first kappa shape index (κ1) is 11.8. The molecule has 1 aromatic heterocycles. The van der Waals surface area contributed by atoms with E-state index in [0.29, 0.717) is 11.8 Å². The van der Waals surface area contributed by atoms with Gasteiger partial charge in [-0.25, -0.2) is 13.8 Å². The number of hydrogen-bond acceptors (Lipinski definition) is 2. The molecule has 2 nitrogen and oxygen atoms in total. The molecule has 0 aliphatic heterocycles. The highest BCUT2D eigenvalue weighted by molar-refractivity contribution is 5.93. The molecule has 0 amide bonds. The van der Waals surface area contributed by atoms with Crippen molar-refractivity contribution in [2.45, 2.75) is 20.3 Å². The van der Waals surface area contributed by atoms with Gasteiger partial charge < -0.3 is 5.32 Å². The highest BCUT2D eigenvalue weighted by Gasteiger charge is 2.15. The van der Waals surface area contributed by atoms with Gasteiger partial charge in [0.15, 0.2) is 11.6 Å². The molecule has 90 valence electrons. The molecular formula is C13H14F2N2. The molecule has 1 aromatic carbocycles. The van der Waals surface area contributed by atoms with Gasteiger partial charge in [-0.1, -0.05) is 6.92 Å². The second-order valence-electron chi connectivity index (χ2n) is 3.92. The van der Waals surface area contributed by atoms with E-state index in [1.165, 1.54) is 0 Å². The van der Waals surface area contributed by atoms with E-state index in [9.17, 15) is 8.78 Å². The molecular weight excluding hydrogens is 222 g/mol. The number of nitrogens with zero attached hydrogens (tertiary/aromatic N) is 1. The number of nitrogens with one attached hydrogen (secondary N) is 1. The molecule has 0 bridgehead atoms. The van der Waals surface area contributed by atoms with E-state index < -0.39 is 11.6 Å². The molecule has 1 N–H and O–H groups in total. The van der Waals surface area contributed by atoms with Gasteiger partial charge in [0.1, 0.15) is 5.52 Å². The fourth-order valence-electron chi connectivity index (χ4n) is 2.08. The van der Waals surface area contributed by atoms with Crippen molar-refractivity contribution in [2.24, 2.45) is 0 Å². The Balaban J connectivity index is 2.92. The minimum absolute atomic E-state index is 0.0943. The summed E-state index contributed by atoms with van der Waals surface area (Å²) in [7, 11) is 1.77. The summed E-state index contributed by atoms with van der Waals surface area (Å²) in [4.78, 5) is 4.21. The molecule has 2 rings (SSSR count). The number of benzene rings is 1. The maximum atomic E-state index is 13.7. The summed E-state index contributed by atoms with van der Waals surface area (Å²) >= 11 is 0. The van der Waals surface area contributed by atoms with Gasteiger partial charge in [0, 0.05) is 23.8 Å². The van der Waals surface area contributed by atoms with Gasteiger partial charge in [-0.05, 0) is 31.0 Å². The van der Waals surface area contributed by atoms with Gasteiger partial charge in [-0.15, -0.1) is 0 Å². The summed E-state index contributed by atoms with van der Waals surface area (Å²) in [6.07, 6.45) is 0.687. The Morgan fingerprint density at radius 2 is 2.00 bits per heavy atom. The smallest absolute Gasteiger partial charge is 0.185 e. The molecule has 0 atom stereocenters. The van der Waals surface area contributed by atoms with Crippen LogP contribution in [0.5, 0.6) is 0 Å². The van der Waals surface area contributed by atoms with E-state index in [0.717, 1.165) is 23.0 Å². The Morgan fingerprint density at radius 1 is 1.29 bits per heavy atom. The number of aromatic nitrogens is 1.